The highest BCUT2D eigenvalue weighted by Gasteiger charge is 2.04. The normalized spacial score (nSPS) is 11.0. The summed E-state index contributed by atoms with van der Waals surface area (Å²) in [5, 5.41) is 6.89. The number of carbonyl (C=O) groups is 1. The molecule has 1 N–H and O–H groups in total. The lowest BCUT2D eigenvalue weighted by Gasteiger charge is -2.09. The molecule has 0 spiro atoms. The Hall–Kier alpha value is -3.63. The van der Waals surface area contributed by atoms with Crippen LogP contribution in [0.3, 0.4) is 0 Å². The topological polar surface area (TPSA) is 50.7 Å². The van der Waals surface area contributed by atoms with Gasteiger partial charge in [0.05, 0.1) is 6.21 Å². The van der Waals surface area contributed by atoms with Gasteiger partial charge in [-0.3, -0.25) is 4.79 Å². The van der Waals surface area contributed by atoms with Gasteiger partial charge in [-0.25, -0.2) is 5.43 Å². The Bertz CT molecular complexity index is 1200. The first-order valence-corrected chi connectivity index (χ1v) is 9.85. The van der Waals surface area contributed by atoms with Gasteiger partial charge in [-0.2, -0.15) is 5.10 Å². The molecule has 4 aromatic carbocycles. The van der Waals surface area contributed by atoms with Crippen LogP contribution in [0.25, 0.3) is 10.8 Å². The lowest BCUT2D eigenvalue weighted by Crippen LogP contribution is -2.17. The van der Waals surface area contributed by atoms with Gasteiger partial charge in [-0.05, 0) is 64.4 Å². The van der Waals surface area contributed by atoms with E-state index in [9.17, 15) is 4.79 Å². The molecule has 0 unspecified atom stereocenters. The van der Waals surface area contributed by atoms with Crippen LogP contribution in [0.2, 0.25) is 5.02 Å². The molecule has 0 saturated heterocycles. The van der Waals surface area contributed by atoms with Crippen molar-refractivity contribution in [2.45, 2.75) is 6.61 Å². The first kappa shape index (κ1) is 19.7. The number of halogens is 1. The molecule has 0 saturated carbocycles. The summed E-state index contributed by atoms with van der Waals surface area (Å²) in [6.45, 7) is 0.491. The zero-order valence-corrected chi connectivity index (χ0v) is 16.8. The van der Waals surface area contributed by atoms with E-state index >= 15 is 0 Å². The van der Waals surface area contributed by atoms with E-state index in [1.807, 2.05) is 42.5 Å². The predicted octanol–water partition coefficient (Wildman–Crippen LogP) is 5.84. The summed E-state index contributed by atoms with van der Waals surface area (Å²) in [7, 11) is 0. The maximum absolute atomic E-state index is 12.1. The Balaban J connectivity index is 1.35. The molecule has 30 heavy (non-hydrogen) atoms. The minimum atomic E-state index is -0.316. The van der Waals surface area contributed by atoms with E-state index in [1.165, 1.54) is 10.8 Å². The first-order valence-electron chi connectivity index (χ1n) is 9.47. The van der Waals surface area contributed by atoms with Gasteiger partial charge < -0.3 is 4.74 Å². The Labute approximate surface area is 179 Å². The molecule has 0 aromatic heterocycles. The number of nitrogens with one attached hydrogen (secondary N) is 1. The van der Waals surface area contributed by atoms with E-state index in [-0.39, 0.29) is 5.91 Å². The molecule has 0 fully saturated rings. The van der Waals surface area contributed by atoms with Crippen molar-refractivity contribution in [1.29, 1.82) is 0 Å². The van der Waals surface area contributed by atoms with E-state index in [2.05, 4.69) is 34.8 Å². The molecule has 0 aliphatic heterocycles. The number of hydrogen-bond donors (Lipinski definition) is 1. The van der Waals surface area contributed by atoms with Crippen molar-refractivity contribution in [3.8, 4) is 5.75 Å². The molecule has 0 radical (unpaired) electrons. The number of amides is 1. The molecule has 4 rings (SSSR count). The fourth-order valence-electron chi connectivity index (χ4n) is 3.09. The van der Waals surface area contributed by atoms with Crippen molar-refractivity contribution in [3.05, 3.63) is 113 Å². The zero-order chi connectivity index (χ0) is 20.8. The van der Waals surface area contributed by atoms with Gasteiger partial charge in [-0.1, -0.05) is 60.1 Å². The van der Waals surface area contributed by atoms with Gasteiger partial charge in [0, 0.05) is 10.6 Å². The molecule has 0 heterocycles. The fourth-order valence-corrected chi connectivity index (χ4v) is 3.28. The summed E-state index contributed by atoms with van der Waals surface area (Å²) >= 11 is 5.90. The van der Waals surface area contributed by atoms with Gasteiger partial charge in [0.1, 0.15) is 12.4 Å². The van der Waals surface area contributed by atoms with Crippen molar-refractivity contribution < 1.29 is 9.53 Å². The van der Waals surface area contributed by atoms with Crippen molar-refractivity contribution >= 4 is 34.5 Å². The van der Waals surface area contributed by atoms with Crippen LogP contribution in [0.15, 0.2) is 96.1 Å². The van der Waals surface area contributed by atoms with Crippen LogP contribution >= 0.6 is 11.6 Å². The second-order valence-electron chi connectivity index (χ2n) is 6.71. The van der Waals surface area contributed by atoms with E-state index in [1.54, 1.807) is 30.5 Å². The summed E-state index contributed by atoms with van der Waals surface area (Å²) in [5.41, 5.74) is 4.94. The minimum absolute atomic E-state index is 0.316. The van der Waals surface area contributed by atoms with Gasteiger partial charge in [0.25, 0.3) is 5.91 Å². The highest BCUT2D eigenvalue weighted by atomic mass is 35.5. The van der Waals surface area contributed by atoms with Gasteiger partial charge in [0.15, 0.2) is 0 Å². The molecule has 148 valence electrons. The van der Waals surface area contributed by atoms with E-state index in [0.29, 0.717) is 17.2 Å². The number of hydrazone groups is 1. The summed E-state index contributed by atoms with van der Waals surface area (Å²) in [6, 6.07) is 28.7. The Morgan fingerprint density at radius 2 is 1.70 bits per heavy atom. The van der Waals surface area contributed by atoms with Crippen molar-refractivity contribution in [3.63, 3.8) is 0 Å². The predicted molar refractivity (Wildman–Crippen MR) is 121 cm³/mol. The largest absolute Gasteiger partial charge is 0.489 e. The molecular formula is C25H19ClN2O2. The monoisotopic (exact) mass is 414 g/mol. The molecule has 1 amide bonds. The number of hydrogen-bond acceptors (Lipinski definition) is 3. The van der Waals surface area contributed by atoms with Crippen LogP contribution in [-0.2, 0) is 6.61 Å². The fraction of sp³-hybridized carbons (Fsp3) is 0.0400. The third kappa shape index (κ3) is 4.85. The van der Waals surface area contributed by atoms with Gasteiger partial charge >= 0.3 is 0 Å². The van der Waals surface area contributed by atoms with Crippen LogP contribution in [0, 0.1) is 0 Å². The maximum atomic E-state index is 12.1. The smallest absolute Gasteiger partial charge is 0.271 e. The molecule has 4 aromatic rings. The number of rotatable bonds is 6. The van der Waals surface area contributed by atoms with Crippen molar-refractivity contribution in [2.24, 2.45) is 5.10 Å². The van der Waals surface area contributed by atoms with Crippen LogP contribution < -0.4 is 10.2 Å². The zero-order valence-electron chi connectivity index (χ0n) is 16.1. The van der Waals surface area contributed by atoms with E-state index in [4.69, 9.17) is 16.3 Å². The molecular weight excluding hydrogens is 396 g/mol. The van der Waals surface area contributed by atoms with Crippen LogP contribution in [0.5, 0.6) is 5.75 Å². The third-order valence-electron chi connectivity index (χ3n) is 4.62. The summed E-state index contributed by atoms with van der Waals surface area (Å²) < 4.78 is 5.94. The van der Waals surface area contributed by atoms with Crippen molar-refractivity contribution in [2.75, 3.05) is 0 Å². The minimum Gasteiger partial charge on any atom is -0.489 e. The summed E-state index contributed by atoms with van der Waals surface area (Å²) in [5.74, 6) is 0.451. The van der Waals surface area contributed by atoms with E-state index < -0.39 is 0 Å². The Morgan fingerprint density at radius 3 is 2.53 bits per heavy atom. The molecule has 0 bridgehead atoms. The standard InChI is InChI=1S/C25H19ClN2O2/c26-22-9-4-7-20(15-22)25(29)28-27-16-18-11-13-23(14-12-18)30-17-21-8-3-6-19-5-1-2-10-24(19)21/h1-16H,17H2,(H,28,29). The van der Waals surface area contributed by atoms with Crippen LogP contribution in [0.1, 0.15) is 21.5 Å². The summed E-state index contributed by atoms with van der Waals surface area (Å²) in [4.78, 5) is 12.1. The molecule has 5 heteroatoms. The van der Waals surface area contributed by atoms with E-state index in [0.717, 1.165) is 16.9 Å². The second kappa shape index (κ2) is 9.25. The SMILES string of the molecule is O=C(NN=Cc1ccc(OCc2cccc3ccccc23)cc1)c1cccc(Cl)c1. The second-order valence-corrected chi connectivity index (χ2v) is 7.14. The number of carbonyl (C=O) groups excluding carboxylic acids is 1. The quantitative estimate of drug-likeness (QED) is 0.318. The third-order valence-corrected chi connectivity index (χ3v) is 4.86. The van der Waals surface area contributed by atoms with Gasteiger partial charge in [0.2, 0.25) is 0 Å². The highest BCUT2D eigenvalue weighted by molar-refractivity contribution is 6.30. The molecule has 4 nitrogen and oxygen atoms in total. The van der Waals surface area contributed by atoms with Crippen molar-refractivity contribution in [1.82, 2.24) is 5.43 Å². The van der Waals surface area contributed by atoms with Crippen LogP contribution in [-0.4, -0.2) is 12.1 Å². The average Bonchev–Trinajstić information content (AvgIpc) is 2.78. The number of nitrogens with zero attached hydrogens (tertiary/aromatic N) is 1. The number of fused-ring (bicyclic) bond motifs is 1. The summed E-state index contributed by atoms with van der Waals surface area (Å²) in [6.07, 6.45) is 1.58. The van der Waals surface area contributed by atoms with Gasteiger partial charge in [-0.15, -0.1) is 0 Å². The average molecular weight is 415 g/mol. The number of ether oxygens (including phenoxy) is 1. The molecule has 0 aliphatic carbocycles. The Kier molecular flexibility index (Phi) is 6.06. The maximum Gasteiger partial charge on any atom is 0.271 e. The lowest BCUT2D eigenvalue weighted by molar-refractivity contribution is 0.0955. The number of benzene rings is 4. The lowest BCUT2D eigenvalue weighted by atomic mass is 10.1. The highest BCUT2D eigenvalue weighted by Crippen LogP contribution is 2.21. The first-order chi connectivity index (χ1) is 14.7. The molecule has 0 aliphatic rings. The Morgan fingerprint density at radius 1 is 0.933 bits per heavy atom. The van der Waals surface area contributed by atoms with Crippen LogP contribution in [0.4, 0.5) is 0 Å². The molecule has 0 atom stereocenters.